The lowest BCUT2D eigenvalue weighted by atomic mass is 9.81. The van der Waals surface area contributed by atoms with Gasteiger partial charge in [0, 0.05) is 37.2 Å². The molecule has 2 aliphatic rings. The fraction of sp³-hybridized carbons (Fsp3) is 0.688. The maximum atomic E-state index is 12.4. The molecule has 114 valence electrons. The summed E-state index contributed by atoms with van der Waals surface area (Å²) in [7, 11) is 0. The van der Waals surface area contributed by atoms with Crippen molar-refractivity contribution in [2.75, 3.05) is 13.1 Å². The highest BCUT2D eigenvalue weighted by molar-refractivity contribution is 5.79. The molecule has 1 aromatic rings. The molecule has 0 aromatic carbocycles. The van der Waals surface area contributed by atoms with Crippen molar-refractivity contribution in [3.63, 3.8) is 0 Å². The Hall–Kier alpha value is -1.65. The molecule has 1 aromatic heterocycles. The second-order valence-corrected chi connectivity index (χ2v) is 6.61. The molecule has 0 bridgehead atoms. The zero-order valence-corrected chi connectivity index (χ0v) is 12.6. The van der Waals surface area contributed by atoms with E-state index in [4.69, 9.17) is 0 Å². The van der Waals surface area contributed by atoms with E-state index in [1.165, 1.54) is 23.6 Å². The number of likely N-dealkylation sites (tertiary alicyclic amines) is 1. The van der Waals surface area contributed by atoms with Gasteiger partial charge in [0.25, 0.3) is 5.56 Å². The predicted molar refractivity (Wildman–Crippen MR) is 79.7 cm³/mol. The van der Waals surface area contributed by atoms with Gasteiger partial charge in [-0.3, -0.25) is 9.59 Å². The summed E-state index contributed by atoms with van der Waals surface area (Å²) in [5.74, 6) is 1.70. The van der Waals surface area contributed by atoms with Crippen molar-refractivity contribution in [3.8, 4) is 0 Å². The number of aromatic nitrogens is 2. The molecule has 21 heavy (non-hydrogen) atoms. The second kappa shape index (κ2) is 6.00. The molecular formula is C16H23N3O2. The predicted octanol–water partition coefficient (Wildman–Crippen LogP) is 1.53. The Morgan fingerprint density at radius 3 is 2.67 bits per heavy atom. The first-order valence-corrected chi connectivity index (χ1v) is 7.94. The zero-order valence-electron chi connectivity index (χ0n) is 12.6. The molecule has 5 nitrogen and oxygen atoms in total. The van der Waals surface area contributed by atoms with Crippen molar-refractivity contribution in [1.29, 1.82) is 0 Å². The summed E-state index contributed by atoms with van der Waals surface area (Å²) >= 11 is 0. The molecule has 5 heteroatoms. The Bertz CT molecular complexity index is 555. The van der Waals surface area contributed by atoms with Crippen molar-refractivity contribution >= 4 is 5.91 Å². The van der Waals surface area contributed by atoms with Gasteiger partial charge in [-0.1, -0.05) is 6.92 Å². The van der Waals surface area contributed by atoms with E-state index in [0.717, 1.165) is 31.8 Å². The molecule has 1 saturated heterocycles. The van der Waals surface area contributed by atoms with Crippen LogP contribution in [0.15, 0.2) is 23.1 Å². The normalized spacial score (nSPS) is 26.4. The second-order valence-electron chi connectivity index (χ2n) is 6.61. The summed E-state index contributed by atoms with van der Waals surface area (Å²) < 4.78 is 1.49. The minimum atomic E-state index is -0.0662. The standard InChI is InChI=1S/C16H23N3O2/c1-12-4-6-14(7-5-12)16(21)18-9-13(10-18)11-19-15(20)3-2-8-17-19/h2-3,8,12-14H,4-7,9-11H2,1H3. The first-order valence-electron chi connectivity index (χ1n) is 7.94. The SMILES string of the molecule is CC1CCC(C(=O)N2CC(Cn3ncccc3=O)C2)CC1. The highest BCUT2D eigenvalue weighted by Gasteiger charge is 2.35. The summed E-state index contributed by atoms with van der Waals surface area (Å²) in [6, 6.07) is 3.18. The summed E-state index contributed by atoms with van der Waals surface area (Å²) in [5, 5.41) is 4.07. The molecule has 0 spiro atoms. The molecule has 0 unspecified atom stereocenters. The largest absolute Gasteiger partial charge is 0.342 e. The maximum absolute atomic E-state index is 12.4. The fourth-order valence-electron chi connectivity index (χ4n) is 3.40. The third kappa shape index (κ3) is 3.17. The molecule has 0 atom stereocenters. The lowest BCUT2D eigenvalue weighted by Gasteiger charge is -2.42. The number of rotatable bonds is 3. The molecule has 1 aliphatic carbocycles. The Balaban J connectivity index is 1.48. The topological polar surface area (TPSA) is 55.2 Å². The third-order valence-electron chi connectivity index (χ3n) is 4.85. The van der Waals surface area contributed by atoms with Crippen LogP contribution in [0.4, 0.5) is 0 Å². The lowest BCUT2D eigenvalue weighted by molar-refractivity contribution is -0.143. The van der Waals surface area contributed by atoms with Crippen molar-refractivity contribution in [3.05, 3.63) is 28.7 Å². The van der Waals surface area contributed by atoms with Crippen molar-refractivity contribution in [2.45, 2.75) is 39.2 Å². The van der Waals surface area contributed by atoms with Gasteiger partial charge >= 0.3 is 0 Å². The van der Waals surface area contributed by atoms with Crippen LogP contribution < -0.4 is 5.56 Å². The number of carbonyl (C=O) groups is 1. The van der Waals surface area contributed by atoms with Crippen molar-refractivity contribution < 1.29 is 4.79 Å². The van der Waals surface area contributed by atoms with E-state index in [9.17, 15) is 9.59 Å². The summed E-state index contributed by atoms with van der Waals surface area (Å²) in [5.41, 5.74) is -0.0662. The molecular weight excluding hydrogens is 266 g/mol. The monoisotopic (exact) mass is 289 g/mol. The first-order chi connectivity index (χ1) is 10.1. The molecule has 2 heterocycles. The first kappa shape index (κ1) is 14.3. The smallest absolute Gasteiger partial charge is 0.266 e. The molecule has 0 radical (unpaired) electrons. The van der Waals surface area contributed by atoms with Gasteiger partial charge < -0.3 is 4.90 Å². The number of carbonyl (C=O) groups excluding carboxylic acids is 1. The molecule has 1 aliphatic heterocycles. The van der Waals surface area contributed by atoms with Gasteiger partial charge in [-0.15, -0.1) is 0 Å². The van der Waals surface area contributed by atoms with E-state index in [1.54, 1.807) is 12.3 Å². The Morgan fingerprint density at radius 1 is 1.29 bits per heavy atom. The van der Waals surface area contributed by atoms with Crippen LogP contribution in [0.1, 0.15) is 32.6 Å². The number of nitrogens with zero attached hydrogens (tertiary/aromatic N) is 3. The Morgan fingerprint density at radius 2 is 2.00 bits per heavy atom. The fourth-order valence-corrected chi connectivity index (χ4v) is 3.40. The van der Waals surface area contributed by atoms with Gasteiger partial charge in [-0.05, 0) is 37.7 Å². The van der Waals surface area contributed by atoms with Gasteiger partial charge in [0.2, 0.25) is 5.91 Å². The van der Waals surface area contributed by atoms with Crippen molar-refractivity contribution in [1.82, 2.24) is 14.7 Å². The van der Waals surface area contributed by atoms with Gasteiger partial charge in [0.15, 0.2) is 0 Å². The van der Waals surface area contributed by atoms with Crippen LogP contribution in [0.5, 0.6) is 0 Å². The van der Waals surface area contributed by atoms with Gasteiger partial charge in [-0.2, -0.15) is 5.10 Å². The quantitative estimate of drug-likeness (QED) is 0.848. The van der Waals surface area contributed by atoms with E-state index < -0.39 is 0 Å². The van der Waals surface area contributed by atoms with Gasteiger partial charge in [-0.25, -0.2) is 4.68 Å². The molecule has 0 N–H and O–H groups in total. The molecule has 1 amide bonds. The van der Waals surface area contributed by atoms with Gasteiger partial charge in [0.1, 0.15) is 0 Å². The third-order valence-corrected chi connectivity index (χ3v) is 4.85. The van der Waals surface area contributed by atoms with E-state index >= 15 is 0 Å². The van der Waals surface area contributed by atoms with E-state index in [1.807, 2.05) is 4.90 Å². The summed E-state index contributed by atoms with van der Waals surface area (Å²) in [4.78, 5) is 26.0. The van der Waals surface area contributed by atoms with Gasteiger partial charge in [0.05, 0.1) is 6.54 Å². The van der Waals surface area contributed by atoms with Crippen LogP contribution in [0, 0.1) is 17.8 Å². The minimum Gasteiger partial charge on any atom is -0.342 e. The van der Waals surface area contributed by atoms with Crippen LogP contribution in [-0.4, -0.2) is 33.7 Å². The molecule has 2 fully saturated rings. The average Bonchev–Trinajstić information content (AvgIpc) is 2.44. The van der Waals surface area contributed by atoms with Crippen LogP contribution in [0.3, 0.4) is 0 Å². The summed E-state index contributed by atoms with van der Waals surface area (Å²) in [6.45, 7) is 4.43. The molecule has 3 rings (SSSR count). The van der Waals surface area contributed by atoms with E-state index in [2.05, 4.69) is 12.0 Å². The lowest BCUT2D eigenvalue weighted by Crippen LogP contribution is -2.54. The van der Waals surface area contributed by atoms with Crippen LogP contribution in [0.25, 0.3) is 0 Å². The number of hydrogen-bond acceptors (Lipinski definition) is 3. The van der Waals surface area contributed by atoms with Crippen molar-refractivity contribution in [2.24, 2.45) is 17.8 Å². The summed E-state index contributed by atoms with van der Waals surface area (Å²) in [6.07, 6.45) is 6.07. The Kier molecular flexibility index (Phi) is 4.08. The maximum Gasteiger partial charge on any atom is 0.266 e. The van der Waals surface area contributed by atoms with Crippen LogP contribution >= 0.6 is 0 Å². The van der Waals surface area contributed by atoms with Crippen LogP contribution in [-0.2, 0) is 11.3 Å². The highest BCUT2D eigenvalue weighted by atomic mass is 16.2. The Labute approximate surface area is 124 Å². The highest BCUT2D eigenvalue weighted by Crippen LogP contribution is 2.31. The van der Waals surface area contributed by atoms with E-state index in [-0.39, 0.29) is 11.5 Å². The van der Waals surface area contributed by atoms with Crippen LogP contribution in [0.2, 0.25) is 0 Å². The van der Waals surface area contributed by atoms with E-state index in [0.29, 0.717) is 18.4 Å². The molecule has 1 saturated carbocycles. The number of amides is 1. The zero-order chi connectivity index (χ0) is 14.8. The average molecular weight is 289 g/mol. The number of hydrogen-bond donors (Lipinski definition) is 0. The minimum absolute atomic E-state index is 0.0662.